The number of ether oxygens (including phenoxy) is 1. The molecule has 0 aliphatic heterocycles. The molecular weight excluding hydrogens is 192 g/mol. The summed E-state index contributed by atoms with van der Waals surface area (Å²) in [5, 5.41) is 8.72. The third-order valence-corrected chi connectivity index (χ3v) is 1.86. The molecule has 1 heterocycles. The maximum absolute atomic E-state index is 11.5. The SMILES string of the molecule is CCCCOC(=O)c1cccnc1C#N. The summed E-state index contributed by atoms with van der Waals surface area (Å²) >= 11 is 0. The highest BCUT2D eigenvalue weighted by Gasteiger charge is 2.12. The Kier molecular flexibility index (Phi) is 4.30. The normalized spacial score (nSPS) is 9.33. The maximum atomic E-state index is 11.5. The predicted octanol–water partition coefficient (Wildman–Crippen LogP) is 1.91. The van der Waals surface area contributed by atoms with Crippen LogP contribution in [0.1, 0.15) is 35.8 Å². The molecule has 0 N–H and O–H groups in total. The number of nitrogens with zero attached hydrogens (tertiary/aromatic N) is 2. The first-order chi connectivity index (χ1) is 7.29. The molecule has 4 nitrogen and oxygen atoms in total. The highest BCUT2D eigenvalue weighted by Crippen LogP contribution is 2.06. The average Bonchev–Trinajstić information content (AvgIpc) is 2.29. The van der Waals surface area contributed by atoms with Gasteiger partial charge in [0.15, 0.2) is 5.69 Å². The van der Waals surface area contributed by atoms with E-state index < -0.39 is 5.97 Å². The molecule has 0 aliphatic carbocycles. The van der Waals surface area contributed by atoms with Gasteiger partial charge in [-0.05, 0) is 18.6 Å². The van der Waals surface area contributed by atoms with Gasteiger partial charge in [0.2, 0.25) is 0 Å². The summed E-state index contributed by atoms with van der Waals surface area (Å²) in [4.78, 5) is 15.3. The maximum Gasteiger partial charge on any atom is 0.341 e. The highest BCUT2D eigenvalue weighted by atomic mass is 16.5. The van der Waals surface area contributed by atoms with Crippen molar-refractivity contribution in [3.63, 3.8) is 0 Å². The van der Waals surface area contributed by atoms with E-state index in [-0.39, 0.29) is 11.3 Å². The smallest absolute Gasteiger partial charge is 0.341 e. The minimum absolute atomic E-state index is 0.110. The van der Waals surface area contributed by atoms with Crippen LogP contribution in [-0.2, 0) is 4.74 Å². The van der Waals surface area contributed by atoms with Gasteiger partial charge in [-0.2, -0.15) is 5.26 Å². The molecular formula is C11H12N2O2. The van der Waals surface area contributed by atoms with Gasteiger partial charge in [-0.3, -0.25) is 0 Å². The Labute approximate surface area is 88.5 Å². The van der Waals surface area contributed by atoms with Gasteiger partial charge in [0.05, 0.1) is 12.2 Å². The lowest BCUT2D eigenvalue weighted by Crippen LogP contribution is -2.09. The molecule has 1 rings (SSSR count). The zero-order valence-corrected chi connectivity index (χ0v) is 8.56. The van der Waals surface area contributed by atoms with Gasteiger partial charge >= 0.3 is 5.97 Å². The molecule has 0 saturated heterocycles. The van der Waals surface area contributed by atoms with Crippen LogP contribution in [0.4, 0.5) is 0 Å². The Bertz CT molecular complexity index is 382. The number of aromatic nitrogens is 1. The second-order valence-electron chi connectivity index (χ2n) is 3.00. The molecule has 1 aromatic rings. The van der Waals surface area contributed by atoms with E-state index in [0.717, 1.165) is 12.8 Å². The lowest BCUT2D eigenvalue weighted by Gasteiger charge is -2.03. The van der Waals surface area contributed by atoms with Crippen LogP contribution in [0.2, 0.25) is 0 Å². The Morgan fingerprint density at radius 3 is 3.13 bits per heavy atom. The van der Waals surface area contributed by atoms with E-state index >= 15 is 0 Å². The summed E-state index contributed by atoms with van der Waals surface area (Å²) < 4.78 is 4.98. The van der Waals surface area contributed by atoms with E-state index in [1.54, 1.807) is 12.1 Å². The Morgan fingerprint density at radius 2 is 2.47 bits per heavy atom. The second-order valence-corrected chi connectivity index (χ2v) is 3.00. The van der Waals surface area contributed by atoms with Crippen molar-refractivity contribution in [2.75, 3.05) is 6.61 Å². The molecule has 78 valence electrons. The van der Waals surface area contributed by atoms with E-state index in [0.29, 0.717) is 6.61 Å². The van der Waals surface area contributed by atoms with E-state index in [2.05, 4.69) is 4.98 Å². The topological polar surface area (TPSA) is 63.0 Å². The summed E-state index contributed by atoms with van der Waals surface area (Å²) in [5.41, 5.74) is 0.343. The predicted molar refractivity (Wildman–Crippen MR) is 54.1 cm³/mol. The standard InChI is InChI=1S/C11H12N2O2/c1-2-3-7-15-11(14)9-5-4-6-13-10(9)8-12/h4-6H,2-3,7H2,1H3. The molecule has 0 spiro atoms. The third-order valence-electron chi connectivity index (χ3n) is 1.86. The summed E-state index contributed by atoms with van der Waals surface area (Å²) in [6.45, 7) is 2.40. The van der Waals surface area contributed by atoms with Crippen LogP contribution < -0.4 is 0 Å². The molecule has 15 heavy (non-hydrogen) atoms. The number of esters is 1. The summed E-state index contributed by atoms with van der Waals surface area (Å²) in [6, 6.07) is 5.00. The van der Waals surface area contributed by atoms with E-state index in [4.69, 9.17) is 10.00 Å². The van der Waals surface area contributed by atoms with Crippen molar-refractivity contribution in [3.8, 4) is 6.07 Å². The fourth-order valence-electron chi connectivity index (χ4n) is 1.05. The first-order valence-corrected chi connectivity index (χ1v) is 4.81. The van der Waals surface area contributed by atoms with Crippen LogP contribution in [0.25, 0.3) is 0 Å². The van der Waals surface area contributed by atoms with Gasteiger partial charge < -0.3 is 4.74 Å². The molecule has 0 amide bonds. The number of pyridine rings is 1. The van der Waals surface area contributed by atoms with Gasteiger partial charge in [-0.1, -0.05) is 13.3 Å². The summed E-state index contributed by atoms with van der Waals surface area (Å²) in [7, 11) is 0. The second kappa shape index (κ2) is 5.76. The summed E-state index contributed by atoms with van der Waals surface area (Å²) in [6.07, 6.45) is 3.26. The average molecular weight is 204 g/mol. The zero-order chi connectivity index (χ0) is 11.1. The van der Waals surface area contributed by atoms with Crippen LogP contribution in [0.5, 0.6) is 0 Å². The minimum atomic E-state index is -0.479. The molecule has 0 bridgehead atoms. The van der Waals surface area contributed by atoms with Crippen molar-refractivity contribution < 1.29 is 9.53 Å². The first kappa shape index (κ1) is 11.2. The van der Waals surface area contributed by atoms with Crippen molar-refractivity contribution in [1.82, 2.24) is 4.98 Å². The largest absolute Gasteiger partial charge is 0.462 e. The molecule has 0 aliphatic rings. The molecule has 1 aromatic heterocycles. The highest BCUT2D eigenvalue weighted by molar-refractivity contribution is 5.91. The molecule has 4 heteroatoms. The van der Waals surface area contributed by atoms with Crippen LogP contribution in [0.15, 0.2) is 18.3 Å². The quantitative estimate of drug-likeness (QED) is 0.555. The van der Waals surface area contributed by atoms with Crippen LogP contribution >= 0.6 is 0 Å². The van der Waals surface area contributed by atoms with Gasteiger partial charge in [-0.15, -0.1) is 0 Å². The van der Waals surface area contributed by atoms with Gasteiger partial charge in [0, 0.05) is 6.20 Å². The number of unbranched alkanes of at least 4 members (excludes halogenated alkanes) is 1. The van der Waals surface area contributed by atoms with Crippen LogP contribution in [0, 0.1) is 11.3 Å². The number of carbonyl (C=O) groups excluding carboxylic acids is 1. The Balaban J connectivity index is 2.70. The first-order valence-electron chi connectivity index (χ1n) is 4.81. The lowest BCUT2D eigenvalue weighted by atomic mass is 10.2. The summed E-state index contributed by atoms with van der Waals surface area (Å²) in [5.74, 6) is -0.479. The molecule has 0 saturated carbocycles. The molecule has 0 unspecified atom stereocenters. The number of rotatable bonds is 4. The molecule has 0 atom stereocenters. The van der Waals surface area contributed by atoms with E-state index in [1.807, 2.05) is 13.0 Å². The van der Waals surface area contributed by atoms with Gasteiger partial charge in [-0.25, -0.2) is 9.78 Å². The Hall–Kier alpha value is -1.89. The van der Waals surface area contributed by atoms with Crippen molar-refractivity contribution in [1.29, 1.82) is 5.26 Å². The minimum Gasteiger partial charge on any atom is -0.462 e. The fourth-order valence-corrected chi connectivity index (χ4v) is 1.05. The zero-order valence-electron chi connectivity index (χ0n) is 8.56. The van der Waals surface area contributed by atoms with E-state index in [9.17, 15) is 4.79 Å². The lowest BCUT2D eigenvalue weighted by molar-refractivity contribution is 0.0499. The van der Waals surface area contributed by atoms with E-state index in [1.165, 1.54) is 6.20 Å². The third kappa shape index (κ3) is 3.06. The van der Waals surface area contributed by atoms with Crippen molar-refractivity contribution in [2.24, 2.45) is 0 Å². The van der Waals surface area contributed by atoms with Crippen molar-refractivity contribution in [3.05, 3.63) is 29.6 Å². The molecule has 0 radical (unpaired) electrons. The van der Waals surface area contributed by atoms with Crippen molar-refractivity contribution in [2.45, 2.75) is 19.8 Å². The van der Waals surface area contributed by atoms with Gasteiger partial charge in [0.1, 0.15) is 6.07 Å². The fraction of sp³-hybridized carbons (Fsp3) is 0.364. The number of hydrogen-bond donors (Lipinski definition) is 0. The van der Waals surface area contributed by atoms with Crippen LogP contribution in [0.3, 0.4) is 0 Å². The monoisotopic (exact) mass is 204 g/mol. The van der Waals surface area contributed by atoms with Crippen LogP contribution in [-0.4, -0.2) is 17.6 Å². The molecule has 0 fully saturated rings. The number of hydrogen-bond acceptors (Lipinski definition) is 4. The number of carbonyl (C=O) groups is 1. The van der Waals surface area contributed by atoms with Gasteiger partial charge in [0.25, 0.3) is 0 Å². The number of nitriles is 1. The van der Waals surface area contributed by atoms with Crippen molar-refractivity contribution >= 4 is 5.97 Å². The molecule has 0 aromatic carbocycles. The Morgan fingerprint density at radius 1 is 1.67 bits per heavy atom.